The van der Waals surface area contributed by atoms with E-state index in [9.17, 15) is 4.79 Å². The monoisotopic (exact) mass is 208 g/mol. The highest BCUT2D eigenvalue weighted by molar-refractivity contribution is 5.94. The van der Waals surface area contributed by atoms with Gasteiger partial charge in [0.2, 0.25) is 5.91 Å². The predicted octanol–water partition coefficient (Wildman–Crippen LogP) is 0.788. The molecule has 0 aliphatic heterocycles. The minimum absolute atomic E-state index is 0.196. The molecule has 0 spiro atoms. The van der Waals surface area contributed by atoms with E-state index in [1.165, 1.54) is 18.7 Å². The first-order valence-electron chi connectivity index (χ1n) is 4.91. The van der Waals surface area contributed by atoms with Crippen LogP contribution in [-0.4, -0.2) is 21.9 Å². The quantitative estimate of drug-likeness (QED) is 0.766. The second-order valence-electron chi connectivity index (χ2n) is 3.85. The van der Waals surface area contributed by atoms with Crippen molar-refractivity contribution in [2.45, 2.75) is 26.3 Å². The molecular formula is C10H16N4O. The zero-order chi connectivity index (χ0) is 11.3. The second kappa shape index (κ2) is 5.41. The summed E-state index contributed by atoms with van der Waals surface area (Å²) >= 11 is 0. The minimum atomic E-state index is -0.481. The van der Waals surface area contributed by atoms with Gasteiger partial charge in [-0.3, -0.25) is 4.79 Å². The minimum Gasteiger partial charge on any atom is -0.322 e. The number of rotatable bonds is 4. The molecule has 1 amide bonds. The highest BCUT2D eigenvalue weighted by Crippen LogP contribution is 2.06. The maximum Gasteiger partial charge on any atom is 0.241 e. The van der Waals surface area contributed by atoms with Gasteiger partial charge >= 0.3 is 0 Å². The maximum atomic E-state index is 11.6. The van der Waals surface area contributed by atoms with E-state index >= 15 is 0 Å². The van der Waals surface area contributed by atoms with Crippen molar-refractivity contribution in [3.05, 3.63) is 18.7 Å². The lowest BCUT2D eigenvalue weighted by atomic mass is 10.0. The number of hydrogen-bond donors (Lipinski definition) is 2. The summed E-state index contributed by atoms with van der Waals surface area (Å²) in [4.78, 5) is 19.1. The Kier molecular flexibility index (Phi) is 4.17. The van der Waals surface area contributed by atoms with Crippen LogP contribution in [0.1, 0.15) is 20.3 Å². The van der Waals surface area contributed by atoms with Crippen LogP contribution in [0.5, 0.6) is 0 Å². The zero-order valence-electron chi connectivity index (χ0n) is 8.97. The average molecular weight is 208 g/mol. The Bertz CT molecular complexity index is 312. The standard InChI is InChI=1S/C10H16N4O/c1-7(2)3-9(11)10(15)14-8-4-12-6-13-5-8/h4-7,9H,3,11H2,1-2H3,(H,14,15)/t9-/m1/s1. The fourth-order valence-electron chi connectivity index (χ4n) is 1.21. The van der Waals surface area contributed by atoms with Gasteiger partial charge in [-0.1, -0.05) is 13.8 Å². The average Bonchev–Trinajstić information content (AvgIpc) is 2.18. The molecule has 3 N–H and O–H groups in total. The number of amides is 1. The van der Waals surface area contributed by atoms with E-state index in [4.69, 9.17) is 5.73 Å². The lowest BCUT2D eigenvalue weighted by Crippen LogP contribution is -2.36. The predicted molar refractivity (Wildman–Crippen MR) is 58.1 cm³/mol. The summed E-state index contributed by atoms with van der Waals surface area (Å²) in [5.74, 6) is 0.205. The number of nitrogens with zero attached hydrogens (tertiary/aromatic N) is 2. The molecule has 82 valence electrons. The number of anilines is 1. The first-order valence-corrected chi connectivity index (χ1v) is 4.91. The third-order valence-corrected chi connectivity index (χ3v) is 1.89. The lowest BCUT2D eigenvalue weighted by molar-refractivity contribution is -0.117. The fraction of sp³-hybridized carbons (Fsp3) is 0.500. The normalized spacial score (nSPS) is 12.5. The molecule has 1 atom stereocenters. The summed E-state index contributed by atoms with van der Waals surface area (Å²) < 4.78 is 0. The molecule has 1 rings (SSSR count). The summed E-state index contributed by atoms with van der Waals surface area (Å²) in [5.41, 5.74) is 6.28. The summed E-state index contributed by atoms with van der Waals surface area (Å²) in [6.07, 6.45) is 5.14. The van der Waals surface area contributed by atoms with Gasteiger partial charge in [0.05, 0.1) is 24.1 Å². The Morgan fingerprint density at radius 3 is 2.60 bits per heavy atom. The third kappa shape index (κ3) is 4.03. The molecule has 0 aliphatic rings. The number of aromatic nitrogens is 2. The van der Waals surface area contributed by atoms with Gasteiger partial charge in [0.15, 0.2) is 0 Å². The van der Waals surface area contributed by atoms with Crippen molar-refractivity contribution in [2.75, 3.05) is 5.32 Å². The Hall–Kier alpha value is -1.49. The van der Waals surface area contributed by atoms with Crippen molar-refractivity contribution in [1.29, 1.82) is 0 Å². The van der Waals surface area contributed by atoms with Gasteiger partial charge < -0.3 is 11.1 Å². The topological polar surface area (TPSA) is 80.9 Å². The van der Waals surface area contributed by atoms with E-state index in [1.807, 2.05) is 13.8 Å². The van der Waals surface area contributed by atoms with Crippen LogP contribution in [0.2, 0.25) is 0 Å². The molecule has 0 saturated carbocycles. The molecule has 0 aliphatic carbocycles. The molecule has 0 radical (unpaired) electrons. The van der Waals surface area contributed by atoms with Gasteiger partial charge in [-0.2, -0.15) is 0 Å². The molecule has 0 bridgehead atoms. The van der Waals surface area contributed by atoms with Gasteiger partial charge in [-0.05, 0) is 12.3 Å². The zero-order valence-corrected chi connectivity index (χ0v) is 8.97. The van der Waals surface area contributed by atoms with Crippen molar-refractivity contribution < 1.29 is 4.79 Å². The Balaban J connectivity index is 2.49. The number of hydrogen-bond acceptors (Lipinski definition) is 4. The van der Waals surface area contributed by atoms with Crippen LogP contribution in [0.3, 0.4) is 0 Å². The van der Waals surface area contributed by atoms with Crippen LogP contribution in [0, 0.1) is 5.92 Å². The number of carbonyl (C=O) groups excluding carboxylic acids is 1. The van der Waals surface area contributed by atoms with Crippen LogP contribution in [0.4, 0.5) is 5.69 Å². The number of nitrogens with two attached hydrogens (primary N) is 1. The summed E-state index contributed by atoms with van der Waals surface area (Å²) in [7, 11) is 0. The smallest absolute Gasteiger partial charge is 0.241 e. The molecule has 15 heavy (non-hydrogen) atoms. The molecule has 1 aromatic rings. The van der Waals surface area contributed by atoms with Gasteiger partial charge in [0.25, 0.3) is 0 Å². The van der Waals surface area contributed by atoms with Gasteiger partial charge in [-0.15, -0.1) is 0 Å². The largest absolute Gasteiger partial charge is 0.322 e. The molecule has 1 heterocycles. The number of carbonyl (C=O) groups is 1. The third-order valence-electron chi connectivity index (χ3n) is 1.89. The van der Waals surface area contributed by atoms with Gasteiger partial charge in [0, 0.05) is 0 Å². The van der Waals surface area contributed by atoms with Crippen LogP contribution in [0.15, 0.2) is 18.7 Å². The SMILES string of the molecule is CC(C)C[C@@H](N)C(=O)Nc1cncnc1. The van der Waals surface area contributed by atoms with Crippen molar-refractivity contribution in [3.63, 3.8) is 0 Å². The van der Waals surface area contributed by atoms with Crippen molar-refractivity contribution >= 4 is 11.6 Å². The van der Waals surface area contributed by atoms with Gasteiger partial charge in [-0.25, -0.2) is 9.97 Å². The molecule has 5 nitrogen and oxygen atoms in total. The highest BCUT2D eigenvalue weighted by atomic mass is 16.2. The molecule has 1 aromatic heterocycles. The Labute approximate surface area is 89.1 Å². The maximum absolute atomic E-state index is 11.6. The van der Waals surface area contributed by atoms with E-state index in [1.54, 1.807) is 0 Å². The van der Waals surface area contributed by atoms with Crippen LogP contribution >= 0.6 is 0 Å². The van der Waals surface area contributed by atoms with Crippen molar-refractivity contribution in [1.82, 2.24) is 9.97 Å². The van der Waals surface area contributed by atoms with Gasteiger partial charge in [0.1, 0.15) is 6.33 Å². The van der Waals surface area contributed by atoms with E-state index in [0.717, 1.165) is 0 Å². The highest BCUT2D eigenvalue weighted by Gasteiger charge is 2.14. The molecule has 0 aromatic carbocycles. The van der Waals surface area contributed by atoms with Crippen LogP contribution in [-0.2, 0) is 4.79 Å². The first-order chi connectivity index (χ1) is 7.09. The summed E-state index contributed by atoms with van der Waals surface area (Å²) in [6.45, 7) is 4.05. The van der Waals surface area contributed by atoms with Crippen LogP contribution < -0.4 is 11.1 Å². The van der Waals surface area contributed by atoms with E-state index < -0.39 is 6.04 Å². The van der Waals surface area contributed by atoms with Crippen molar-refractivity contribution in [3.8, 4) is 0 Å². The lowest BCUT2D eigenvalue weighted by Gasteiger charge is -2.13. The molecule has 0 unspecified atom stereocenters. The Morgan fingerprint density at radius 1 is 1.47 bits per heavy atom. The Morgan fingerprint density at radius 2 is 2.07 bits per heavy atom. The van der Waals surface area contributed by atoms with E-state index in [2.05, 4.69) is 15.3 Å². The van der Waals surface area contributed by atoms with Crippen LogP contribution in [0.25, 0.3) is 0 Å². The number of nitrogens with one attached hydrogen (secondary N) is 1. The van der Waals surface area contributed by atoms with E-state index in [-0.39, 0.29) is 5.91 Å². The van der Waals surface area contributed by atoms with E-state index in [0.29, 0.717) is 18.0 Å². The molecule has 5 heteroatoms. The summed E-state index contributed by atoms with van der Waals surface area (Å²) in [6, 6.07) is -0.481. The molecular weight excluding hydrogens is 192 g/mol. The van der Waals surface area contributed by atoms with Crippen molar-refractivity contribution in [2.24, 2.45) is 11.7 Å². The first kappa shape index (κ1) is 11.6. The second-order valence-corrected chi connectivity index (χ2v) is 3.85. The molecule has 0 saturated heterocycles. The molecule has 0 fully saturated rings. The summed E-state index contributed by atoms with van der Waals surface area (Å²) in [5, 5.41) is 2.66. The fourth-order valence-corrected chi connectivity index (χ4v) is 1.21.